The molecule has 0 atom stereocenters. The molecule has 0 spiro atoms. The van der Waals surface area contributed by atoms with Crippen LogP contribution >= 0.6 is 11.3 Å². The lowest BCUT2D eigenvalue weighted by atomic mass is 9.94. The quantitative estimate of drug-likeness (QED) is 0.174. The molecule has 0 fully saturated rings. The smallest absolute Gasteiger partial charge is 0.235 e. The van der Waals surface area contributed by atoms with E-state index in [0.717, 1.165) is 44.3 Å². The van der Waals surface area contributed by atoms with E-state index in [9.17, 15) is 0 Å². The van der Waals surface area contributed by atoms with Crippen LogP contribution in [0.2, 0.25) is 0 Å². The van der Waals surface area contributed by atoms with Crippen LogP contribution in [0.5, 0.6) is 0 Å². The average molecular weight is 786 g/mol. The van der Waals surface area contributed by atoms with Gasteiger partial charge in [-0.05, 0) is 75.0 Å². The highest BCUT2D eigenvalue weighted by molar-refractivity contribution is 7.25. The highest BCUT2D eigenvalue weighted by Crippen LogP contribution is 2.43. The lowest BCUT2D eigenvalue weighted by Crippen LogP contribution is -2.04. The fraction of sp³-hybridized carbons (Fsp3) is 0.0357. The summed E-state index contributed by atoms with van der Waals surface area (Å²) in [7, 11) is 0. The summed E-state index contributed by atoms with van der Waals surface area (Å²) in [6, 6.07) is 72.0. The fourth-order valence-electron chi connectivity index (χ4n) is 9.00. The van der Waals surface area contributed by atoms with E-state index in [1.54, 1.807) is 0 Å². The van der Waals surface area contributed by atoms with E-state index < -0.39 is 0 Å². The van der Waals surface area contributed by atoms with Gasteiger partial charge in [0.15, 0.2) is 0 Å². The Morgan fingerprint density at radius 3 is 1.80 bits per heavy atom. The average Bonchev–Trinajstić information content (AvgIpc) is 3.89. The minimum absolute atomic E-state index is 0.652. The highest BCUT2D eigenvalue weighted by Gasteiger charge is 2.22. The first kappa shape index (κ1) is 35.7. The Kier molecular flexibility index (Phi) is 8.79. The van der Waals surface area contributed by atoms with Crippen molar-refractivity contribution >= 4 is 75.0 Å². The molecule has 0 aliphatic heterocycles. The number of hydrogen-bond donors (Lipinski definition) is 0. The van der Waals surface area contributed by atoms with Crippen molar-refractivity contribution in [2.45, 2.75) is 13.8 Å². The number of hydrogen-bond acceptors (Lipinski definition) is 3. The zero-order valence-corrected chi connectivity index (χ0v) is 34.1. The first-order chi connectivity index (χ1) is 29.8. The number of nitrogens with zero attached hydrogens (tertiary/aromatic N) is 3. The third-order valence-corrected chi connectivity index (χ3v) is 12.7. The fourth-order valence-corrected chi connectivity index (χ4v) is 10.1. The van der Waals surface area contributed by atoms with E-state index >= 15 is 0 Å². The van der Waals surface area contributed by atoms with Crippen LogP contribution in [-0.2, 0) is 0 Å². The Labute approximate surface area is 352 Å². The number of fused-ring (bicyclic) bond motifs is 9. The van der Waals surface area contributed by atoms with Gasteiger partial charge in [0.1, 0.15) is 0 Å². The Bertz CT molecular complexity index is 3580. The number of aromatic nitrogens is 3. The normalized spacial score (nSPS) is 11.5. The van der Waals surface area contributed by atoms with Crippen LogP contribution in [0.3, 0.4) is 0 Å². The Balaban J connectivity index is 0.00000201. The maximum absolute atomic E-state index is 5.42. The third-order valence-electron chi connectivity index (χ3n) is 11.6. The van der Waals surface area contributed by atoms with E-state index in [1.165, 1.54) is 64.0 Å². The second kappa shape index (κ2) is 14.8. The molecule has 0 aliphatic rings. The molecule has 4 heteroatoms. The van der Waals surface area contributed by atoms with Gasteiger partial charge >= 0.3 is 0 Å². The zero-order valence-electron chi connectivity index (χ0n) is 33.3. The molecular weight excluding hydrogens is 747 g/mol. The van der Waals surface area contributed by atoms with Crippen molar-refractivity contribution in [3.05, 3.63) is 200 Å². The van der Waals surface area contributed by atoms with Crippen molar-refractivity contribution in [1.29, 1.82) is 0 Å². The maximum atomic E-state index is 5.42. The van der Waals surface area contributed by atoms with Crippen molar-refractivity contribution in [3.8, 4) is 50.6 Å². The van der Waals surface area contributed by atoms with Gasteiger partial charge in [0.05, 0.1) is 22.2 Å². The molecule has 284 valence electrons. The van der Waals surface area contributed by atoms with Gasteiger partial charge in [-0.3, -0.25) is 4.57 Å². The molecule has 3 heterocycles. The predicted octanol–water partition coefficient (Wildman–Crippen LogP) is 15.9. The van der Waals surface area contributed by atoms with Crippen LogP contribution in [0.4, 0.5) is 0 Å². The van der Waals surface area contributed by atoms with Crippen LogP contribution in [-0.4, -0.2) is 14.5 Å². The summed E-state index contributed by atoms with van der Waals surface area (Å²) in [6.45, 7) is 4.00. The maximum Gasteiger partial charge on any atom is 0.235 e. The summed E-state index contributed by atoms with van der Waals surface area (Å²) in [5.74, 6) is 0.652. The van der Waals surface area contributed by atoms with Gasteiger partial charge < -0.3 is 0 Å². The molecule has 3 aromatic heterocycles. The van der Waals surface area contributed by atoms with Gasteiger partial charge in [-0.25, -0.2) is 9.97 Å². The number of para-hydroxylation sites is 2. The Morgan fingerprint density at radius 2 is 0.983 bits per heavy atom. The largest absolute Gasteiger partial charge is 0.277 e. The molecule has 0 saturated carbocycles. The lowest BCUT2D eigenvalue weighted by molar-refractivity contribution is 1.01. The van der Waals surface area contributed by atoms with Crippen molar-refractivity contribution in [1.82, 2.24) is 14.5 Å². The summed E-state index contributed by atoms with van der Waals surface area (Å²) in [4.78, 5) is 10.7. The van der Waals surface area contributed by atoms with E-state index in [4.69, 9.17) is 9.97 Å². The number of rotatable bonds is 5. The minimum atomic E-state index is 0.652. The molecule has 0 bridgehead atoms. The summed E-state index contributed by atoms with van der Waals surface area (Å²) in [6.07, 6.45) is 0. The second-order valence-electron chi connectivity index (χ2n) is 14.9. The molecule has 12 rings (SSSR count). The van der Waals surface area contributed by atoms with Gasteiger partial charge in [0.25, 0.3) is 0 Å². The lowest BCUT2D eigenvalue weighted by Gasteiger charge is -2.14. The van der Waals surface area contributed by atoms with Gasteiger partial charge in [-0.1, -0.05) is 178 Å². The molecular formula is C56H39N3S. The molecule has 12 aromatic rings. The molecule has 3 nitrogen and oxygen atoms in total. The first-order valence-corrected chi connectivity index (χ1v) is 21.5. The highest BCUT2D eigenvalue weighted by atomic mass is 32.1. The molecule has 0 amide bonds. The van der Waals surface area contributed by atoms with Crippen molar-refractivity contribution in [2.75, 3.05) is 0 Å². The van der Waals surface area contributed by atoms with Crippen LogP contribution in [0.15, 0.2) is 200 Å². The van der Waals surface area contributed by atoms with Crippen LogP contribution in [0.25, 0.3) is 114 Å². The van der Waals surface area contributed by atoms with Crippen LogP contribution in [0.1, 0.15) is 13.8 Å². The Hall–Kier alpha value is -7.40. The summed E-state index contributed by atoms with van der Waals surface area (Å²) in [5, 5.41) is 8.46. The molecule has 60 heavy (non-hydrogen) atoms. The molecule has 0 N–H and O–H groups in total. The van der Waals surface area contributed by atoms with E-state index in [2.05, 4.69) is 199 Å². The van der Waals surface area contributed by atoms with Crippen LogP contribution in [0, 0.1) is 0 Å². The molecule has 0 saturated heterocycles. The van der Waals surface area contributed by atoms with Gasteiger partial charge in [-0.15, -0.1) is 11.3 Å². The molecule has 0 unspecified atom stereocenters. The van der Waals surface area contributed by atoms with E-state index in [-0.39, 0.29) is 0 Å². The second-order valence-corrected chi connectivity index (χ2v) is 16.0. The Morgan fingerprint density at radius 1 is 0.400 bits per heavy atom. The van der Waals surface area contributed by atoms with Crippen molar-refractivity contribution in [3.63, 3.8) is 0 Å². The standard InChI is InChI=1S/C54H33N3S.C2H6/c1-2-15-35(16-3-1)52-43-22-6-8-27-46(43)55-54(56-52)57-47-31-30-34-14-4-5-21-40(34)50(47)45-26-12-25-42(53(45)57)39-20-11-18-37(33-39)36-17-10-19-38(32-36)41-24-13-29-49-51(41)44-23-7-9-28-48(44)58-49;1-2/h1-33H;1-2H3. The van der Waals surface area contributed by atoms with Crippen molar-refractivity contribution < 1.29 is 0 Å². The molecule has 0 aliphatic carbocycles. The zero-order chi connectivity index (χ0) is 40.2. The number of benzene rings is 9. The predicted molar refractivity (Wildman–Crippen MR) is 257 cm³/mol. The van der Waals surface area contributed by atoms with Gasteiger partial charge in [0.2, 0.25) is 5.95 Å². The monoisotopic (exact) mass is 785 g/mol. The molecule has 0 radical (unpaired) electrons. The topological polar surface area (TPSA) is 30.7 Å². The first-order valence-electron chi connectivity index (χ1n) is 20.7. The number of thiophene rings is 1. The SMILES string of the molecule is CC.c1ccc(-c2nc(-n3c4ccc5ccccc5c4c4cccc(-c5cccc(-c6cccc(-c7cccc8sc9ccccc9c78)c6)c5)c43)nc3ccccc23)cc1. The molecule has 9 aromatic carbocycles. The van der Waals surface area contributed by atoms with E-state index in [1.807, 2.05) is 31.3 Å². The summed E-state index contributed by atoms with van der Waals surface area (Å²) >= 11 is 1.86. The van der Waals surface area contributed by atoms with Crippen molar-refractivity contribution in [2.24, 2.45) is 0 Å². The summed E-state index contributed by atoms with van der Waals surface area (Å²) < 4.78 is 4.93. The van der Waals surface area contributed by atoms with Gasteiger partial charge in [0, 0.05) is 47.5 Å². The van der Waals surface area contributed by atoms with E-state index in [0.29, 0.717) is 5.95 Å². The minimum Gasteiger partial charge on any atom is -0.277 e. The van der Waals surface area contributed by atoms with Crippen LogP contribution < -0.4 is 0 Å². The summed E-state index contributed by atoms with van der Waals surface area (Å²) in [5.41, 5.74) is 12.1. The third kappa shape index (κ3) is 5.79. The van der Waals surface area contributed by atoms with Gasteiger partial charge in [-0.2, -0.15) is 0 Å².